The van der Waals surface area contributed by atoms with Crippen molar-refractivity contribution in [3.8, 4) is 11.4 Å². The molecule has 4 aromatic carbocycles. The largest absolute Gasteiger partial charge is 2.00 e. The predicted octanol–water partition coefficient (Wildman–Crippen LogP) is 6.18. The van der Waals surface area contributed by atoms with Crippen molar-refractivity contribution in [3.05, 3.63) is 167 Å². The van der Waals surface area contributed by atoms with Crippen LogP contribution in [0.2, 0.25) is 0 Å². The zero-order valence-electron chi connectivity index (χ0n) is 30.5. The van der Waals surface area contributed by atoms with E-state index in [4.69, 9.17) is 10.2 Å². The number of aliphatic hydroxyl groups is 2. The third-order valence-electron chi connectivity index (χ3n) is 7.63. The quantitative estimate of drug-likeness (QED) is 0.147. The number of aromatic nitrogens is 2. The van der Waals surface area contributed by atoms with Crippen molar-refractivity contribution in [3.63, 3.8) is 0 Å². The number of nitrogens with zero attached hydrogens (tertiary/aromatic N) is 2. The van der Waals surface area contributed by atoms with E-state index in [1.54, 1.807) is 48.8 Å². The number of carbonyl (C=O) groups excluding carboxylic acids is 2. The van der Waals surface area contributed by atoms with E-state index in [0.717, 1.165) is 59.2 Å². The number of pyridine rings is 2. The van der Waals surface area contributed by atoms with Gasteiger partial charge in [-0.05, 0) is 98.5 Å². The molecule has 10 nitrogen and oxygen atoms in total. The Hall–Kier alpha value is -5.85. The second-order valence-electron chi connectivity index (χ2n) is 10.8. The molecule has 53 heavy (non-hydrogen) atoms. The minimum Gasteiger partial charge on any atom is -0.545 e. The van der Waals surface area contributed by atoms with Crippen molar-refractivity contribution < 1.29 is 46.8 Å². The molecule has 0 fully saturated rings. The molecule has 11 heteroatoms. The number of hydrogen-bond donors (Lipinski definition) is 4. The summed E-state index contributed by atoms with van der Waals surface area (Å²) >= 11 is 0. The summed E-state index contributed by atoms with van der Waals surface area (Å²) in [5.74, 6) is -2.35. The molecular weight excluding hydrogens is 715 g/mol. The summed E-state index contributed by atoms with van der Waals surface area (Å²) in [5, 5.41) is 42.3. The fraction of sp³-hybridized carbons (Fsp3) is 0.143. The van der Waals surface area contributed by atoms with Crippen LogP contribution in [-0.2, 0) is 16.8 Å². The number of benzene rings is 4. The summed E-state index contributed by atoms with van der Waals surface area (Å²) < 4.78 is 0. The Morgan fingerprint density at radius 1 is 0.472 bits per heavy atom. The van der Waals surface area contributed by atoms with Gasteiger partial charge in [0.2, 0.25) is 0 Å². The maximum Gasteiger partial charge on any atom is 2.00 e. The van der Waals surface area contributed by atoms with Crippen molar-refractivity contribution in [1.82, 2.24) is 9.97 Å². The molecule has 0 saturated heterocycles. The van der Waals surface area contributed by atoms with Crippen LogP contribution < -0.4 is 20.8 Å². The number of anilines is 4. The third-order valence-corrected chi connectivity index (χ3v) is 7.63. The van der Waals surface area contributed by atoms with Gasteiger partial charge in [0.1, 0.15) is 0 Å². The summed E-state index contributed by atoms with van der Waals surface area (Å²) in [7, 11) is 2.00. The maximum absolute atomic E-state index is 11.0. The minimum absolute atomic E-state index is 0. The molecule has 2 aromatic heterocycles. The van der Waals surface area contributed by atoms with Gasteiger partial charge in [-0.3, -0.25) is 9.97 Å². The molecule has 6 rings (SSSR count). The fourth-order valence-electron chi connectivity index (χ4n) is 4.63. The number of aromatic carboxylic acids is 2. The van der Waals surface area contributed by atoms with E-state index in [9.17, 15) is 19.8 Å². The molecule has 6 aromatic rings. The van der Waals surface area contributed by atoms with Crippen LogP contribution in [0.3, 0.4) is 0 Å². The van der Waals surface area contributed by atoms with E-state index < -0.39 is 11.9 Å². The zero-order valence-corrected chi connectivity index (χ0v) is 31.5. The Morgan fingerprint density at radius 2 is 0.792 bits per heavy atom. The molecule has 277 valence electrons. The van der Waals surface area contributed by atoms with Gasteiger partial charge in [-0.2, -0.15) is 0 Å². The van der Waals surface area contributed by atoms with Crippen LogP contribution in [0, 0.1) is 27.7 Å². The van der Waals surface area contributed by atoms with Crippen LogP contribution in [0.1, 0.15) is 43.0 Å². The van der Waals surface area contributed by atoms with Gasteiger partial charge in [0, 0.05) is 60.5 Å². The van der Waals surface area contributed by atoms with Gasteiger partial charge < -0.3 is 40.6 Å². The Balaban J connectivity index is 0.000000382. The second-order valence-corrected chi connectivity index (χ2v) is 10.8. The topological polar surface area (TPSA) is 171 Å². The molecule has 4 N–H and O–H groups in total. The molecule has 0 aliphatic heterocycles. The molecule has 2 heterocycles. The summed E-state index contributed by atoms with van der Waals surface area (Å²) in [5.41, 5.74) is 9.59. The summed E-state index contributed by atoms with van der Waals surface area (Å²) in [6, 6.07) is 36.8. The molecule has 0 atom stereocenters. The van der Waals surface area contributed by atoms with Crippen LogP contribution in [0.25, 0.3) is 11.4 Å². The Kier molecular flexibility index (Phi) is 20.8. The van der Waals surface area contributed by atoms with Gasteiger partial charge in [-0.15, -0.1) is 0 Å². The number of aliphatic hydroxyl groups excluding tert-OH is 2. The van der Waals surface area contributed by atoms with E-state index in [2.05, 4.69) is 20.6 Å². The number of rotatable bonds is 7. The van der Waals surface area contributed by atoms with E-state index in [0.29, 0.717) is 11.4 Å². The first-order valence-corrected chi connectivity index (χ1v) is 16.1. The van der Waals surface area contributed by atoms with Crippen molar-refractivity contribution in [2.24, 2.45) is 0 Å². The van der Waals surface area contributed by atoms with Gasteiger partial charge in [0.25, 0.3) is 0 Å². The Labute approximate surface area is 321 Å². The predicted molar refractivity (Wildman–Crippen MR) is 204 cm³/mol. The summed E-state index contributed by atoms with van der Waals surface area (Å²) in [6.07, 6.45) is 3.54. The summed E-state index contributed by atoms with van der Waals surface area (Å²) in [6.45, 7) is 8.04. The normalized spacial score (nSPS) is 9.28. The van der Waals surface area contributed by atoms with Crippen LogP contribution in [0.5, 0.6) is 0 Å². The number of carboxylic acids is 2. The van der Waals surface area contributed by atoms with Gasteiger partial charge in [0.05, 0.1) is 23.3 Å². The average molecular weight is 760 g/mol. The molecule has 0 saturated carbocycles. The van der Waals surface area contributed by atoms with Gasteiger partial charge in [-0.25, -0.2) is 0 Å². The van der Waals surface area contributed by atoms with E-state index in [1.807, 2.05) is 100 Å². The number of nitrogens with one attached hydrogen (secondary N) is 2. The minimum atomic E-state index is -1.18. The van der Waals surface area contributed by atoms with Crippen LogP contribution >= 0.6 is 0 Å². The summed E-state index contributed by atoms with van der Waals surface area (Å²) in [4.78, 5) is 30.4. The number of carbonyl (C=O) groups is 2. The molecule has 1 radical (unpaired) electrons. The molecule has 0 unspecified atom stereocenters. The molecule has 0 aliphatic rings. The van der Waals surface area contributed by atoms with Crippen LogP contribution in [0.4, 0.5) is 22.7 Å². The molecule has 0 bridgehead atoms. The first-order chi connectivity index (χ1) is 25.2. The van der Waals surface area contributed by atoms with Gasteiger partial charge >= 0.3 is 16.8 Å². The number of carboxylic acid groups (broad SMARTS) is 2. The van der Waals surface area contributed by atoms with Gasteiger partial charge in [0.15, 0.2) is 0 Å². The van der Waals surface area contributed by atoms with E-state index >= 15 is 0 Å². The van der Waals surface area contributed by atoms with E-state index in [1.165, 1.54) is 12.1 Å². The number of aryl methyl sites for hydroxylation is 2. The first-order valence-electron chi connectivity index (χ1n) is 16.1. The Morgan fingerprint density at radius 3 is 1.11 bits per heavy atom. The monoisotopic (exact) mass is 759 g/mol. The SMILES string of the molecule is CO.CO.Cc1cccc(Nc2ccccc2C(=O)[O-])c1C.Cc1cccc(Nc2ccccc2C(=O)[O-])c1C.[Co+2].c1ccc(-c2ccccn2)nc1. The standard InChI is InChI=1S/2C15H15NO2.C10H8N2.2CH4O.Co/c2*1-10-6-5-9-13(11(10)2)16-14-8-4-3-7-12(14)15(17)18;1-3-7-11-9(5-1)10-6-2-4-8-12-10;2*1-2;/h2*3-9,16H,1-2H3,(H,17,18);1-8H;2*2H,1H3;/q;;;;;+2/p-2. The second kappa shape index (κ2) is 24.4. The molecule has 0 spiro atoms. The van der Waals surface area contributed by atoms with Gasteiger partial charge in [-0.1, -0.05) is 72.8 Å². The van der Waals surface area contributed by atoms with E-state index in [-0.39, 0.29) is 27.9 Å². The number of hydrogen-bond acceptors (Lipinski definition) is 10. The number of para-hydroxylation sites is 2. The molecular formula is C42H44CoN4O6. The van der Waals surface area contributed by atoms with Crippen LogP contribution in [-0.4, -0.2) is 46.3 Å². The fourth-order valence-corrected chi connectivity index (χ4v) is 4.63. The zero-order chi connectivity index (χ0) is 38.5. The average Bonchev–Trinajstić information content (AvgIpc) is 3.18. The van der Waals surface area contributed by atoms with Crippen molar-refractivity contribution in [1.29, 1.82) is 0 Å². The maximum atomic E-state index is 11.0. The Bertz CT molecular complexity index is 1850. The smallest absolute Gasteiger partial charge is 0.545 e. The van der Waals surface area contributed by atoms with Crippen LogP contribution in [0.15, 0.2) is 134 Å². The first kappa shape index (κ1) is 45.2. The molecule has 0 aliphatic carbocycles. The third kappa shape index (κ3) is 14.0. The van der Waals surface area contributed by atoms with Crippen molar-refractivity contribution in [2.45, 2.75) is 27.7 Å². The van der Waals surface area contributed by atoms with Crippen molar-refractivity contribution >= 4 is 34.7 Å². The molecule has 0 amide bonds. The van der Waals surface area contributed by atoms with Crippen molar-refractivity contribution in [2.75, 3.05) is 24.9 Å².